The molecule has 0 saturated carbocycles. The van der Waals surface area contributed by atoms with Crippen LogP contribution in [0.3, 0.4) is 0 Å². The third-order valence-corrected chi connectivity index (χ3v) is 4.74. The minimum absolute atomic E-state index is 0.726. The number of nitrogens with one attached hydrogen (secondary N) is 1. The molecule has 1 aromatic heterocycles. The van der Waals surface area contributed by atoms with E-state index in [0.29, 0.717) is 0 Å². The maximum Gasteiger partial charge on any atom is 0.134 e. The molecule has 0 atom stereocenters. The van der Waals surface area contributed by atoms with Crippen LogP contribution in [0.5, 0.6) is 0 Å². The number of rotatable bonds is 5. The molecular formula is C20H20BrNO. The highest BCUT2D eigenvalue weighted by atomic mass is 79.9. The number of halogens is 1. The van der Waals surface area contributed by atoms with Gasteiger partial charge in [-0.05, 0) is 49.2 Å². The molecule has 0 saturated heterocycles. The molecule has 0 fully saturated rings. The van der Waals surface area contributed by atoms with E-state index in [9.17, 15) is 0 Å². The van der Waals surface area contributed by atoms with Crippen LogP contribution in [0.4, 0.5) is 0 Å². The lowest BCUT2D eigenvalue weighted by Gasteiger charge is -2.04. The Balaban J connectivity index is 1.60. The molecule has 3 rings (SSSR count). The van der Waals surface area contributed by atoms with Crippen molar-refractivity contribution in [2.24, 2.45) is 0 Å². The molecule has 3 heteroatoms. The van der Waals surface area contributed by atoms with Crippen molar-refractivity contribution in [2.75, 3.05) is 0 Å². The summed E-state index contributed by atoms with van der Waals surface area (Å²) in [6, 6.07) is 18.9. The highest BCUT2D eigenvalue weighted by Crippen LogP contribution is 2.26. The van der Waals surface area contributed by atoms with Gasteiger partial charge in [-0.25, -0.2) is 0 Å². The van der Waals surface area contributed by atoms with Gasteiger partial charge in [0.1, 0.15) is 11.5 Å². The topological polar surface area (TPSA) is 25.2 Å². The summed E-state index contributed by atoms with van der Waals surface area (Å²) in [4.78, 5) is 0. The molecule has 0 unspecified atom stereocenters. The summed E-state index contributed by atoms with van der Waals surface area (Å²) >= 11 is 3.53. The maximum atomic E-state index is 5.94. The smallest absolute Gasteiger partial charge is 0.134 e. The zero-order chi connectivity index (χ0) is 16.2. The van der Waals surface area contributed by atoms with Gasteiger partial charge in [0, 0.05) is 16.6 Å². The molecule has 2 nitrogen and oxygen atoms in total. The van der Waals surface area contributed by atoms with Gasteiger partial charge in [-0.1, -0.05) is 51.8 Å². The second-order valence-corrected chi connectivity index (χ2v) is 6.67. The first-order chi connectivity index (χ1) is 11.1. The number of benzene rings is 2. The average molecular weight is 370 g/mol. The minimum atomic E-state index is 0.726. The van der Waals surface area contributed by atoms with E-state index in [-0.39, 0.29) is 0 Å². The quantitative estimate of drug-likeness (QED) is 0.631. The fourth-order valence-corrected chi connectivity index (χ4v) is 2.71. The third-order valence-electron chi connectivity index (χ3n) is 3.85. The summed E-state index contributed by atoms with van der Waals surface area (Å²) in [5, 5.41) is 3.42. The lowest BCUT2D eigenvalue weighted by molar-refractivity contribution is 0.493. The van der Waals surface area contributed by atoms with E-state index in [1.54, 1.807) is 0 Å². The van der Waals surface area contributed by atoms with Crippen LogP contribution < -0.4 is 5.32 Å². The number of aryl methyl sites for hydroxylation is 2. The second kappa shape index (κ2) is 7.16. The van der Waals surface area contributed by atoms with Crippen molar-refractivity contribution in [2.45, 2.75) is 26.9 Å². The molecule has 0 radical (unpaired) electrons. The van der Waals surface area contributed by atoms with E-state index in [4.69, 9.17) is 4.42 Å². The van der Waals surface area contributed by atoms with Gasteiger partial charge < -0.3 is 9.73 Å². The predicted octanol–water partition coefficient (Wildman–Crippen LogP) is 5.62. The minimum Gasteiger partial charge on any atom is -0.460 e. The molecule has 3 aromatic rings. The fourth-order valence-electron chi connectivity index (χ4n) is 2.46. The number of hydrogen-bond donors (Lipinski definition) is 1. The van der Waals surface area contributed by atoms with Crippen molar-refractivity contribution in [3.05, 3.63) is 81.5 Å². The van der Waals surface area contributed by atoms with E-state index in [1.165, 1.54) is 16.7 Å². The van der Waals surface area contributed by atoms with Crippen LogP contribution in [0.1, 0.15) is 22.5 Å². The standard InChI is InChI=1S/C20H20BrNO/c1-14-3-5-16(6-4-14)12-22-13-18-8-10-20(23-18)17-7-9-19(21)15(2)11-17/h3-11,22H,12-13H2,1-2H3. The zero-order valence-corrected chi connectivity index (χ0v) is 15.0. The van der Waals surface area contributed by atoms with Crippen LogP contribution >= 0.6 is 15.9 Å². The Labute approximate surface area is 145 Å². The Morgan fingerprint density at radius 2 is 1.70 bits per heavy atom. The predicted molar refractivity (Wildman–Crippen MR) is 98.3 cm³/mol. The highest BCUT2D eigenvalue weighted by Gasteiger charge is 2.06. The maximum absolute atomic E-state index is 5.94. The summed E-state index contributed by atoms with van der Waals surface area (Å²) in [5.41, 5.74) is 4.88. The van der Waals surface area contributed by atoms with Crippen molar-refractivity contribution in [1.29, 1.82) is 0 Å². The molecule has 0 aliphatic rings. The monoisotopic (exact) mass is 369 g/mol. The lowest BCUT2D eigenvalue weighted by Crippen LogP contribution is -2.11. The van der Waals surface area contributed by atoms with Crippen LogP contribution in [0, 0.1) is 13.8 Å². The Morgan fingerprint density at radius 1 is 0.913 bits per heavy atom. The van der Waals surface area contributed by atoms with Crippen molar-refractivity contribution < 1.29 is 4.42 Å². The zero-order valence-electron chi connectivity index (χ0n) is 13.4. The first kappa shape index (κ1) is 16.0. The van der Waals surface area contributed by atoms with Gasteiger partial charge in [0.2, 0.25) is 0 Å². The van der Waals surface area contributed by atoms with Crippen molar-refractivity contribution in [1.82, 2.24) is 5.32 Å². The van der Waals surface area contributed by atoms with Gasteiger partial charge in [-0.2, -0.15) is 0 Å². The van der Waals surface area contributed by atoms with Crippen LogP contribution in [-0.4, -0.2) is 0 Å². The molecule has 0 amide bonds. The molecule has 0 aliphatic heterocycles. The normalized spacial score (nSPS) is 10.9. The van der Waals surface area contributed by atoms with Crippen molar-refractivity contribution in [3.8, 4) is 11.3 Å². The van der Waals surface area contributed by atoms with E-state index in [1.807, 2.05) is 12.1 Å². The van der Waals surface area contributed by atoms with Gasteiger partial charge in [0.15, 0.2) is 0 Å². The second-order valence-electron chi connectivity index (χ2n) is 5.82. The molecule has 23 heavy (non-hydrogen) atoms. The van der Waals surface area contributed by atoms with Crippen LogP contribution in [0.2, 0.25) is 0 Å². The number of hydrogen-bond acceptors (Lipinski definition) is 2. The molecular weight excluding hydrogens is 350 g/mol. The molecule has 2 aromatic carbocycles. The molecule has 118 valence electrons. The summed E-state index contributed by atoms with van der Waals surface area (Å²) in [5.74, 6) is 1.86. The van der Waals surface area contributed by atoms with Gasteiger partial charge in [-0.3, -0.25) is 0 Å². The number of furan rings is 1. The van der Waals surface area contributed by atoms with E-state index in [0.717, 1.165) is 34.6 Å². The average Bonchev–Trinajstić information content (AvgIpc) is 3.01. The molecule has 0 spiro atoms. The van der Waals surface area contributed by atoms with Gasteiger partial charge in [-0.15, -0.1) is 0 Å². The van der Waals surface area contributed by atoms with Gasteiger partial charge in [0.05, 0.1) is 6.54 Å². The Kier molecular flexibility index (Phi) is 4.99. The van der Waals surface area contributed by atoms with E-state index >= 15 is 0 Å². The summed E-state index contributed by atoms with van der Waals surface area (Å²) < 4.78 is 7.06. The Morgan fingerprint density at radius 3 is 2.43 bits per heavy atom. The van der Waals surface area contributed by atoms with Crippen molar-refractivity contribution >= 4 is 15.9 Å². The SMILES string of the molecule is Cc1ccc(CNCc2ccc(-c3ccc(Br)c(C)c3)o2)cc1. The summed E-state index contributed by atoms with van der Waals surface area (Å²) in [6.07, 6.45) is 0. The Hall–Kier alpha value is -1.84. The molecule has 0 aliphatic carbocycles. The molecule has 1 N–H and O–H groups in total. The van der Waals surface area contributed by atoms with E-state index < -0.39 is 0 Å². The third kappa shape index (κ3) is 4.12. The Bertz CT molecular complexity index is 790. The van der Waals surface area contributed by atoms with E-state index in [2.05, 4.69) is 77.6 Å². The van der Waals surface area contributed by atoms with Crippen LogP contribution in [0.15, 0.2) is 63.5 Å². The summed E-state index contributed by atoms with van der Waals surface area (Å²) in [6.45, 7) is 5.75. The van der Waals surface area contributed by atoms with Crippen molar-refractivity contribution in [3.63, 3.8) is 0 Å². The van der Waals surface area contributed by atoms with Gasteiger partial charge >= 0.3 is 0 Å². The van der Waals surface area contributed by atoms with Crippen LogP contribution in [0.25, 0.3) is 11.3 Å². The first-order valence-corrected chi connectivity index (χ1v) is 8.52. The summed E-state index contributed by atoms with van der Waals surface area (Å²) in [7, 11) is 0. The first-order valence-electron chi connectivity index (χ1n) is 7.73. The largest absolute Gasteiger partial charge is 0.460 e. The molecule has 1 heterocycles. The molecule has 0 bridgehead atoms. The lowest BCUT2D eigenvalue weighted by atomic mass is 10.1. The highest BCUT2D eigenvalue weighted by molar-refractivity contribution is 9.10. The van der Waals surface area contributed by atoms with Crippen LogP contribution in [-0.2, 0) is 13.1 Å². The fraction of sp³-hybridized carbons (Fsp3) is 0.200. The van der Waals surface area contributed by atoms with Gasteiger partial charge in [0.25, 0.3) is 0 Å².